The number of carbonyl (C=O) groups excluding carboxylic acids is 2. The Kier molecular flexibility index (Phi) is 9.18. The zero-order valence-corrected chi connectivity index (χ0v) is 20.1. The molecule has 1 atom stereocenters. The van der Waals surface area contributed by atoms with E-state index < -0.39 is 6.04 Å². The molecule has 2 aromatic carbocycles. The van der Waals surface area contributed by atoms with Crippen molar-refractivity contribution in [2.75, 3.05) is 13.2 Å². The van der Waals surface area contributed by atoms with Gasteiger partial charge in [-0.25, -0.2) is 0 Å². The summed E-state index contributed by atoms with van der Waals surface area (Å²) >= 11 is 9.59. The molecule has 5 nitrogen and oxygen atoms in total. The minimum atomic E-state index is -0.646. The lowest BCUT2D eigenvalue weighted by atomic mass is 10.0. The molecule has 162 valence electrons. The molecule has 2 rings (SSSR count). The number of nitrogens with one attached hydrogen (secondary N) is 1. The van der Waals surface area contributed by atoms with Crippen molar-refractivity contribution in [3.05, 3.63) is 63.1 Å². The van der Waals surface area contributed by atoms with Gasteiger partial charge in [-0.2, -0.15) is 0 Å². The Morgan fingerprint density at radius 1 is 1.17 bits per heavy atom. The van der Waals surface area contributed by atoms with Crippen LogP contribution in [0, 0.1) is 0 Å². The van der Waals surface area contributed by atoms with E-state index in [1.54, 1.807) is 19.1 Å². The molecule has 0 heterocycles. The third kappa shape index (κ3) is 6.74. The van der Waals surface area contributed by atoms with Crippen molar-refractivity contribution >= 4 is 39.3 Å². The molecule has 0 aliphatic rings. The van der Waals surface area contributed by atoms with Gasteiger partial charge in [-0.05, 0) is 71.1 Å². The van der Waals surface area contributed by atoms with Crippen LogP contribution in [0.15, 0.2) is 46.9 Å². The summed E-state index contributed by atoms with van der Waals surface area (Å²) in [6.07, 6.45) is 0. The Bertz CT molecular complexity index is 889. The zero-order chi connectivity index (χ0) is 22.3. The first-order valence-corrected chi connectivity index (χ1v) is 11.1. The van der Waals surface area contributed by atoms with Gasteiger partial charge in [-0.3, -0.25) is 9.59 Å². The fraction of sp³-hybridized carbons (Fsp3) is 0.391. The highest BCUT2D eigenvalue weighted by molar-refractivity contribution is 9.10. The van der Waals surface area contributed by atoms with E-state index in [0.29, 0.717) is 23.2 Å². The number of hydrogen-bond acceptors (Lipinski definition) is 3. The van der Waals surface area contributed by atoms with Crippen LogP contribution in [-0.4, -0.2) is 35.9 Å². The molecule has 0 aliphatic carbocycles. The van der Waals surface area contributed by atoms with Crippen molar-refractivity contribution in [3.8, 4) is 5.75 Å². The zero-order valence-electron chi connectivity index (χ0n) is 17.7. The number of nitrogens with zero attached hydrogens (tertiary/aromatic N) is 1. The van der Waals surface area contributed by atoms with Gasteiger partial charge in [-0.1, -0.05) is 43.6 Å². The fourth-order valence-electron chi connectivity index (χ4n) is 2.95. The SMILES string of the molecule is CCNC(=O)[C@@H](C)N(Cc1cccc(Cl)c1)C(=O)COc1ccc(C(C)C)cc1Br. The van der Waals surface area contributed by atoms with Crippen LogP contribution in [0.2, 0.25) is 5.02 Å². The molecule has 0 unspecified atom stereocenters. The third-order valence-corrected chi connectivity index (χ3v) is 5.59. The number of halogens is 2. The van der Waals surface area contributed by atoms with Crippen LogP contribution >= 0.6 is 27.5 Å². The van der Waals surface area contributed by atoms with E-state index in [0.717, 1.165) is 10.0 Å². The third-order valence-electron chi connectivity index (χ3n) is 4.73. The van der Waals surface area contributed by atoms with E-state index in [1.165, 1.54) is 10.5 Å². The van der Waals surface area contributed by atoms with Gasteiger partial charge < -0.3 is 15.0 Å². The minimum Gasteiger partial charge on any atom is -0.483 e. The van der Waals surface area contributed by atoms with Gasteiger partial charge >= 0.3 is 0 Å². The Morgan fingerprint density at radius 3 is 2.50 bits per heavy atom. The van der Waals surface area contributed by atoms with E-state index in [1.807, 2.05) is 37.3 Å². The molecule has 0 spiro atoms. The van der Waals surface area contributed by atoms with Crippen LogP contribution in [0.1, 0.15) is 44.7 Å². The summed E-state index contributed by atoms with van der Waals surface area (Å²) in [5.41, 5.74) is 2.02. The van der Waals surface area contributed by atoms with Crippen LogP contribution in [0.25, 0.3) is 0 Å². The van der Waals surface area contributed by atoms with Gasteiger partial charge in [0.15, 0.2) is 6.61 Å². The van der Waals surface area contributed by atoms with E-state index >= 15 is 0 Å². The van der Waals surface area contributed by atoms with Gasteiger partial charge in [0.1, 0.15) is 11.8 Å². The van der Waals surface area contributed by atoms with Gasteiger partial charge in [0.25, 0.3) is 5.91 Å². The highest BCUT2D eigenvalue weighted by Gasteiger charge is 2.26. The minimum absolute atomic E-state index is 0.177. The highest BCUT2D eigenvalue weighted by Crippen LogP contribution is 2.29. The Morgan fingerprint density at radius 2 is 1.90 bits per heavy atom. The molecule has 1 N–H and O–H groups in total. The first-order valence-electron chi connectivity index (χ1n) is 9.96. The maximum atomic E-state index is 13.0. The Balaban J connectivity index is 2.16. The standard InChI is InChI=1S/C23H28BrClN2O3/c1-5-26-23(29)16(4)27(13-17-7-6-8-19(25)11-17)22(28)14-30-21-10-9-18(15(2)3)12-20(21)24/h6-12,15-16H,5,13-14H2,1-4H3,(H,26,29)/t16-/m1/s1. The molecule has 0 saturated heterocycles. The summed E-state index contributed by atoms with van der Waals surface area (Å²) in [7, 11) is 0. The van der Waals surface area contributed by atoms with E-state index in [2.05, 4.69) is 35.1 Å². The molecule has 0 aromatic heterocycles. The normalized spacial score (nSPS) is 11.8. The van der Waals surface area contributed by atoms with Crippen LogP contribution in [0.4, 0.5) is 0 Å². The van der Waals surface area contributed by atoms with Crippen LogP contribution in [-0.2, 0) is 16.1 Å². The quantitative estimate of drug-likeness (QED) is 0.523. The van der Waals surface area contributed by atoms with Gasteiger partial charge in [0.2, 0.25) is 5.91 Å². The molecule has 2 aromatic rings. The number of hydrogen-bond donors (Lipinski definition) is 1. The van der Waals surface area contributed by atoms with Crippen LogP contribution in [0.5, 0.6) is 5.75 Å². The van der Waals surface area contributed by atoms with E-state index in [4.69, 9.17) is 16.3 Å². The van der Waals surface area contributed by atoms with E-state index in [9.17, 15) is 9.59 Å². The van der Waals surface area contributed by atoms with Crippen LogP contribution < -0.4 is 10.1 Å². The second-order valence-electron chi connectivity index (χ2n) is 7.36. The van der Waals surface area contributed by atoms with Crippen LogP contribution in [0.3, 0.4) is 0 Å². The lowest BCUT2D eigenvalue weighted by Gasteiger charge is -2.28. The summed E-state index contributed by atoms with van der Waals surface area (Å²) in [5.74, 6) is 0.480. The van der Waals surface area contributed by atoms with Gasteiger partial charge in [0, 0.05) is 18.1 Å². The lowest BCUT2D eigenvalue weighted by molar-refractivity contribution is -0.142. The maximum absolute atomic E-state index is 13.0. The maximum Gasteiger partial charge on any atom is 0.261 e. The largest absolute Gasteiger partial charge is 0.483 e. The molecule has 7 heteroatoms. The Labute approximate surface area is 191 Å². The fourth-order valence-corrected chi connectivity index (χ4v) is 3.68. The monoisotopic (exact) mass is 494 g/mol. The first-order chi connectivity index (χ1) is 14.2. The molecule has 0 saturated carbocycles. The highest BCUT2D eigenvalue weighted by atomic mass is 79.9. The predicted molar refractivity (Wildman–Crippen MR) is 124 cm³/mol. The van der Waals surface area contributed by atoms with Crippen molar-refractivity contribution in [2.24, 2.45) is 0 Å². The number of likely N-dealkylation sites (N-methyl/N-ethyl adjacent to an activating group) is 1. The molecule has 30 heavy (non-hydrogen) atoms. The molecule has 0 fully saturated rings. The van der Waals surface area contributed by atoms with Crippen molar-refractivity contribution in [2.45, 2.75) is 46.2 Å². The summed E-state index contributed by atoms with van der Waals surface area (Å²) < 4.78 is 6.56. The van der Waals surface area contributed by atoms with Crippen molar-refractivity contribution < 1.29 is 14.3 Å². The topological polar surface area (TPSA) is 58.6 Å². The molecule has 0 bridgehead atoms. The second-order valence-corrected chi connectivity index (χ2v) is 8.65. The summed E-state index contributed by atoms with van der Waals surface area (Å²) in [5, 5.41) is 3.35. The summed E-state index contributed by atoms with van der Waals surface area (Å²) in [6.45, 7) is 8.35. The Hall–Kier alpha value is -2.05. The molecule has 0 aliphatic heterocycles. The average Bonchev–Trinajstić information content (AvgIpc) is 2.70. The summed E-state index contributed by atoms with van der Waals surface area (Å²) in [4.78, 5) is 26.9. The number of ether oxygens (including phenoxy) is 1. The predicted octanol–water partition coefficient (Wildman–Crippen LogP) is 5.16. The lowest BCUT2D eigenvalue weighted by Crippen LogP contribution is -2.49. The van der Waals surface area contributed by atoms with Crippen molar-refractivity contribution in [1.29, 1.82) is 0 Å². The van der Waals surface area contributed by atoms with Gasteiger partial charge in [-0.15, -0.1) is 0 Å². The smallest absolute Gasteiger partial charge is 0.261 e. The van der Waals surface area contributed by atoms with Crippen molar-refractivity contribution in [1.82, 2.24) is 10.2 Å². The molecule has 0 radical (unpaired) electrons. The number of carbonyl (C=O) groups is 2. The molecular formula is C23H28BrClN2O3. The number of rotatable bonds is 9. The average molecular weight is 496 g/mol. The molecular weight excluding hydrogens is 468 g/mol. The number of amides is 2. The van der Waals surface area contributed by atoms with E-state index in [-0.39, 0.29) is 25.0 Å². The van der Waals surface area contributed by atoms with Gasteiger partial charge in [0.05, 0.1) is 4.47 Å². The van der Waals surface area contributed by atoms with Crippen molar-refractivity contribution in [3.63, 3.8) is 0 Å². The second kappa shape index (κ2) is 11.4. The summed E-state index contributed by atoms with van der Waals surface area (Å²) in [6, 6.07) is 12.4. The number of benzene rings is 2. The first kappa shape index (κ1) is 24.2. The molecule has 2 amide bonds.